The molecule has 2 unspecified atom stereocenters. The first kappa shape index (κ1) is 21.9. The Balaban J connectivity index is 0. The Kier molecular flexibility index (Phi) is 12.9. The maximum atomic E-state index is 11.1. The number of rotatable bonds is 7. The lowest BCUT2D eigenvalue weighted by atomic mass is 9.99. The van der Waals surface area contributed by atoms with E-state index in [-0.39, 0.29) is 29.8 Å². The molecule has 0 rings (SSSR count). The zero-order valence-corrected chi connectivity index (χ0v) is 14.4. The minimum Gasteiger partial charge on any atom is -0.469 e. The minimum absolute atomic E-state index is 0.0231. The van der Waals surface area contributed by atoms with Crippen LogP contribution in [0.25, 0.3) is 0 Å². The van der Waals surface area contributed by atoms with Gasteiger partial charge in [0.2, 0.25) is 0 Å². The van der Waals surface area contributed by atoms with Crippen molar-refractivity contribution in [2.45, 2.75) is 40.7 Å². The summed E-state index contributed by atoms with van der Waals surface area (Å²) in [5.41, 5.74) is 0. The smallest absolute Gasteiger partial charge is 0.323 e. The van der Waals surface area contributed by atoms with E-state index in [4.69, 9.17) is 0 Å². The van der Waals surface area contributed by atoms with Crippen molar-refractivity contribution in [3.63, 3.8) is 0 Å². The van der Waals surface area contributed by atoms with Crippen LogP contribution in [-0.4, -0.2) is 38.7 Å². The summed E-state index contributed by atoms with van der Waals surface area (Å²) in [4.78, 5) is 21.9. The fourth-order valence-corrected chi connectivity index (χ4v) is 1.39. The zero-order valence-electron chi connectivity index (χ0n) is 14.4. The van der Waals surface area contributed by atoms with Gasteiger partial charge in [-0.25, -0.2) is 0 Å². The van der Waals surface area contributed by atoms with Crippen molar-refractivity contribution < 1.29 is 19.1 Å². The van der Waals surface area contributed by atoms with Crippen molar-refractivity contribution in [1.82, 2.24) is 5.32 Å². The molecule has 0 aromatic rings. The van der Waals surface area contributed by atoms with Crippen LogP contribution in [0.1, 0.15) is 34.6 Å². The van der Waals surface area contributed by atoms with Crippen LogP contribution >= 0.6 is 0 Å². The molecule has 1 N–H and O–H groups in total. The summed E-state index contributed by atoms with van der Waals surface area (Å²) in [5, 5.41) is 3.03. The number of hydrogen-bond donors (Lipinski definition) is 1. The molecule has 0 saturated carbocycles. The third-order valence-corrected chi connectivity index (χ3v) is 3.18. The standard InChI is InChI=1S/C9H17NO2.C7H14O2/c1-5-6-10-8(7(2)3)9(11)12-4;1-5(2)6(3)7(8)9-4/h5,7-8,10H,1,6H2,2-4H3;5-6H,1-4H3. The summed E-state index contributed by atoms with van der Waals surface area (Å²) in [5.74, 6) is 0.293. The average molecular weight is 301 g/mol. The van der Waals surface area contributed by atoms with Gasteiger partial charge in [-0.05, 0) is 11.8 Å². The van der Waals surface area contributed by atoms with Crippen LogP contribution in [0.4, 0.5) is 0 Å². The van der Waals surface area contributed by atoms with Gasteiger partial charge in [0.05, 0.1) is 20.1 Å². The molecule has 5 nitrogen and oxygen atoms in total. The second-order valence-electron chi connectivity index (χ2n) is 5.50. The maximum Gasteiger partial charge on any atom is 0.323 e. The van der Waals surface area contributed by atoms with E-state index in [1.807, 2.05) is 34.6 Å². The quantitative estimate of drug-likeness (QED) is 0.578. The maximum absolute atomic E-state index is 11.1. The molecule has 0 aromatic carbocycles. The van der Waals surface area contributed by atoms with Gasteiger partial charge in [-0.3, -0.25) is 9.59 Å². The highest BCUT2D eigenvalue weighted by Gasteiger charge is 2.21. The summed E-state index contributed by atoms with van der Waals surface area (Å²) < 4.78 is 9.17. The van der Waals surface area contributed by atoms with Gasteiger partial charge in [0.1, 0.15) is 6.04 Å². The lowest BCUT2D eigenvalue weighted by Gasteiger charge is -2.18. The molecule has 21 heavy (non-hydrogen) atoms. The predicted octanol–water partition coefficient (Wildman–Crippen LogP) is 2.41. The molecule has 0 fully saturated rings. The molecule has 0 spiro atoms. The Labute approximate surface area is 129 Å². The molecule has 0 bridgehead atoms. The van der Waals surface area contributed by atoms with E-state index in [0.717, 1.165) is 0 Å². The van der Waals surface area contributed by atoms with E-state index < -0.39 is 0 Å². The SMILES string of the molecule is C=CCNC(C(=O)OC)C(C)C.COC(=O)C(C)C(C)C. The summed E-state index contributed by atoms with van der Waals surface area (Å²) in [6.07, 6.45) is 1.72. The number of carbonyl (C=O) groups is 2. The third kappa shape index (κ3) is 10.1. The van der Waals surface area contributed by atoms with Gasteiger partial charge in [-0.15, -0.1) is 6.58 Å². The summed E-state index contributed by atoms with van der Waals surface area (Å²) in [7, 11) is 2.81. The Morgan fingerprint density at radius 2 is 1.48 bits per heavy atom. The average Bonchev–Trinajstić information content (AvgIpc) is 2.45. The van der Waals surface area contributed by atoms with Crippen LogP contribution in [-0.2, 0) is 19.1 Å². The first-order chi connectivity index (χ1) is 9.72. The number of esters is 2. The molecule has 0 saturated heterocycles. The number of methoxy groups -OCH3 is 2. The molecule has 0 radical (unpaired) electrons. The predicted molar refractivity (Wildman–Crippen MR) is 84.9 cm³/mol. The Morgan fingerprint density at radius 3 is 1.71 bits per heavy atom. The highest BCUT2D eigenvalue weighted by molar-refractivity contribution is 5.75. The minimum atomic E-state index is -0.229. The molecule has 0 aliphatic heterocycles. The first-order valence-electron chi connectivity index (χ1n) is 7.22. The van der Waals surface area contributed by atoms with Crippen molar-refractivity contribution in [2.24, 2.45) is 17.8 Å². The largest absolute Gasteiger partial charge is 0.469 e. The molecule has 2 atom stereocenters. The van der Waals surface area contributed by atoms with Crippen LogP contribution < -0.4 is 5.32 Å². The third-order valence-electron chi connectivity index (χ3n) is 3.18. The van der Waals surface area contributed by atoms with E-state index >= 15 is 0 Å². The topological polar surface area (TPSA) is 64.6 Å². The normalized spacial score (nSPS) is 13.0. The summed E-state index contributed by atoms with van der Waals surface area (Å²) >= 11 is 0. The molecule has 0 aliphatic rings. The molecular weight excluding hydrogens is 270 g/mol. The van der Waals surface area contributed by atoms with Gasteiger partial charge in [0.15, 0.2) is 0 Å². The van der Waals surface area contributed by atoms with E-state index in [1.54, 1.807) is 6.08 Å². The van der Waals surface area contributed by atoms with Crippen molar-refractivity contribution in [1.29, 1.82) is 0 Å². The lowest BCUT2D eigenvalue weighted by Crippen LogP contribution is -2.41. The molecule has 124 valence electrons. The van der Waals surface area contributed by atoms with Crippen LogP contribution in [0.3, 0.4) is 0 Å². The highest BCUT2D eigenvalue weighted by Crippen LogP contribution is 2.10. The Bertz CT molecular complexity index is 313. The van der Waals surface area contributed by atoms with Gasteiger partial charge in [-0.1, -0.05) is 40.7 Å². The lowest BCUT2D eigenvalue weighted by molar-refractivity contribution is -0.146. The Hall–Kier alpha value is -1.36. The van der Waals surface area contributed by atoms with Crippen LogP contribution in [0.15, 0.2) is 12.7 Å². The molecular formula is C16H31NO4. The molecule has 0 aromatic heterocycles. The summed E-state index contributed by atoms with van der Waals surface area (Å²) in [6.45, 7) is 14.0. The van der Waals surface area contributed by atoms with Crippen molar-refractivity contribution in [3.05, 3.63) is 12.7 Å². The van der Waals surface area contributed by atoms with Crippen LogP contribution in [0.5, 0.6) is 0 Å². The fraction of sp³-hybridized carbons (Fsp3) is 0.750. The molecule has 0 amide bonds. The highest BCUT2D eigenvalue weighted by atomic mass is 16.5. The van der Waals surface area contributed by atoms with Crippen molar-refractivity contribution in [2.75, 3.05) is 20.8 Å². The number of carbonyl (C=O) groups excluding carboxylic acids is 2. The van der Waals surface area contributed by atoms with Crippen molar-refractivity contribution >= 4 is 11.9 Å². The van der Waals surface area contributed by atoms with Gasteiger partial charge >= 0.3 is 11.9 Å². The van der Waals surface area contributed by atoms with Gasteiger partial charge in [-0.2, -0.15) is 0 Å². The van der Waals surface area contributed by atoms with Gasteiger partial charge in [0.25, 0.3) is 0 Å². The fourth-order valence-electron chi connectivity index (χ4n) is 1.39. The molecule has 0 heterocycles. The molecule has 0 aliphatic carbocycles. The van der Waals surface area contributed by atoms with E-state index in [9.17, 15) is 9.59 Å². The molecule has 5 heteroatoms. The Morgan fingerprint density at radius 1 is 1.00 bits per heavy atom. The monoisotopic (exact) mass is 301 g/mol. The van der Waals surface area contributed by atoms with Crippen LogP contribution in [0.2, 0.25) is 0 Å². The second kappa shape index (κ2) is 12.4. The first-order valence-corrected chi connectivity index (χ1v) is 7.22. The summed E-state index contributed by atoms with van der Waals surface area (Å²) in [6, 6.07) is -0.229. The van der Waals surface area contributed by atoms with E-state index in [0.29, 0.717) is 12.5 Å². The zero-order chi connectivity index (χ0) is 17.0. The van der Waals surface area contributed by atoms with Crippen molar-refractivity contribution in [3.8, 4) is 0 Å². The number of ether oxygens (including phenoxy) is 2. The number of nitrogens with one attached hydrogen (secondary N) is 1. The van der Waals surface area contributed by atoms with Gasteiger partial charge in [0, 0.05) is 6.54 Å². The second-order valence-corrected chi connectivity index (χ2v) is 5.50. The van der Waals surface area contributed by atoms with Gasteiger partial charge < -0.3 is 14.8 Å². The number of hydrogen-bond acceptors (Lipinski definition) is 5. The van der Waals surface area contributed by atoms with E-state index in [2.05, 4.69) is 21.4 Å². The van der Waals surface area contributed by atoms with E-state index in [1.165, 1.54) is 14.2 Å². The van der Waals surface area contributed by atoms with Crippen LogP contribution in [0, 0.1) is 17.8 Å².